The molecule has 0 bridgehead atoms. The van der Waals surface area contributed by atoms with Crippen LogP contribution < -0.4 is 9.64 Å². The maximum absolute atomic E-state index is 10.2. The van der Waals surface area contributed by atoms with E-state index in [1.54, 1.807) is 0 Å². The molecule has 1 heterocycles. The summed E-state index contributed by atoms with van der Waals surface area (Å²) in [5.41, 5.74) is 1.19. The summed E-state index contributed by atoms with van der Waals surface area (Å²) in [5, 5.41) is 10.2. The van der Waals surface area contributed by atoms with E-state index in [2.05, 4.69) is 28.9 Å². The second-order valence-corrected chi connectivity index (χ2v) is 6.69. The van der Waals surface area contributed by atoms with Gasteiger partial charge < -0.3 is 14.7 Å². The molecule has 1 fully saturated rings. The van der Waals surface area contributed by atoms with E-state index >= 15 is 0 Å². The van der Waals surface area contributed by atoms with Gasteiger partial charge in [0.25, 0.3) is 0 Å². The summed E-state index contributed by atoms with van der Waals surface area (Å²) < 4.78 is 5.75. The lowest BCUT2D eigenvalue weighted by atomic mass is 10.1. The Kier molecular flexibility index (Phi) is 8.40. The monoisotopic (exact) mass is 334 g/mol. The summed E-state index contributed by atoms with van der Waals surface area (Å²) in [6.07, 6.45) is 5.69. The van der Waals surface area contributed by atoms with Crippen LogP contribution in [0.3, 0.4) is 0 Å². The zero-order chi connectivity index (χ0) is 17.2. The number of para-hydroxylation sites is 2. The van der Waals surface area contributed by atoms with Crippen LogP contribution in [0.15, 0.2) is 24.3 Å². The summed E-state index contributed by atoms with van der Waals surface area (Å²) in [7, 11) is 0. The molecule has 4 heteroatoms. The normalized spacial score (nSPS) is 17.0. The Bertz CT molecular complexity index is 459. The maximum atomic E-state index is 10.2. The molecule has 1 atom stereocenters. The fourth-order valence-corrected chi connectivity index (χ4v) is 3.36. The molecule has 1 N–H and O–H groups in total. The lowest BCUT2D eigenvalue weighted by Crippen LogP contribution is -2.48. The van der Waals surface area contributed by atoms with Crippen molar-refractivity contribution < 1.29 is 9.84 Å². The molecular formula is C20H34N2O2. The molecule has 0 aromatic heterocycles. The number of β-amino-alcohol motifs (C(OH)–C–C–N with tert-alkyl or cyclic N) is 1. The highest BCUT2D eigenvalue weighted by Gasteiger charge is 2.21. The van der Waals surface area contributed by atoms with Crippen LogP contribution in [0.2, 0.25) is 0 Å². The zero-order valence-electron chi connectivity index (χ0n) is 15.4. The fraction of sp³-hybridized carbons (Fsp3) is 0.700. The number of benzene rings is 1. The Morgan fingerprint density at radius 1 is 1.04 bits per heavy atom. The number of rotatable bonds is 10. The van der Waals surface area contributed by atoms with Crippen LogP contribution in [0.5, 0.6) is 5.75 Å². The van der Waals surface area contributed by atoms with Gasteiger partial charge in [0.05, 0.1) is 18.4 Å². The highest BCUT2D eigenvalue weighted by molar-refractivity contribution is 5.58. The minimum absolute atomic E-state index is 0.177. The van der Waals surface area contributed by atoms with E-state index in [0.29, 0.717) is 6.61 Å². The molecule has 2 rings (SSSR count). The molecule has 24 heavy (non-hydrogen) atoms. The van der Waals surface area contributed by atoms with E-state index < -0.39 is 0 Å². The predicted molar refractivity (Wildman–Crippen MR) is 101 cm³/mol. The van der Waals surface area contributed by atoms with Gasteiger partial charge in [-0.1, -0.05) is 44.7 Å². The van der Waals surface area contributed by atoms with E-state index in [1.165, 1.54) is 24.9 Å². The minimum atomic E-state index is -0.177. The van der Waals surface area contributed by atoms with Crippen LogP contribution in [0.4, 0.5) is 5.69 Å². The highest BCUT2D eigenvalue weighted by atomic mass is 16.5. The molecule has 1 aromatic carbocycles. The van der Waals surface area contributed by atoms with Crippen molar-refractivity contribution in [3.8, 4) is 5.75 Å². The van der Waals surface area contributed by atoms with Gasteiger partial charge in [-0.05, 0) is 25.5 Å². The first-order valence-electron chi connectivity index (χ1n) is 9.61. The number of hydrogen-bond donors (Lipinski definition) is 1. The maximum Gasteiger partial charge on any atom is 0.142 e. The zero-order valence-corrected chi connectivity index (χ0v) is 15.4. The van der Waals surface area contributed by atoms with Gasteiger partial charge in [-0.25, -0.2) is 0 Å². The van der Waals surface area contributed by atoms with Crippen LogP contribution in [0, 0.1) is 0 Å². The van der Waals surface area contributed by atoms with Crippen molar-refractivity contribution in [1.82, 2.24) is 4.90 Å². The number of unbranched alkanes of at least 4 members (excludes halogenated alkanes) is 3. The lowest BCUT2D eigenvalue weighted by molar-refractivity contribution is 0.0996. The first kappa shape index (κ1) is 19.1. The van der Waals surface area contributed by atoms with Gasteiger partial charge in [-0.15, -0.1) is 0 Å². The lowest BCUT2D eigenvalue weighted by Gasteiger charge is -2.37. The Morgan fingerprint density at radius 3 is 2.50 bits per heavy atom. The molecule has 4 nitrogen and oxygen atoms in total. The van der Waals surface area contributed by atoms with E-state index in [4.69, 9.17) is 4.74 Å². The number of piperazine rings is 1. The third-order valence-electron chi connectivity index (χ3n) is 4.74. The largest absolute Gasteiger partial charge is 0.492 e. The van der Waals surface area contributed by atoms with Gasteiger partial charge in [-0.3, -0.25) is 4.90 Å². The Balaban J connectivity index is 1.75. The molecular weight excluding hydrogens is 300 g/mol. The third kappa shape index (κ3) is 5.99. The van der Waals surface area contributed by atoms with Crippen LogP contribution in [-0.4, -0.2) is 55.4 Å². The summed E-state index contributed by atoms with van der Waals surface area (Å²) in [5.74, 6) is 0.976. The van der Waals surface area contributed by atoms with E-state index in [-0.39, 0.29) is 6.10 Å². The molecule has 136 valence electrons. The molecule has 1 saturated heterocycles. The first-order valence-corrected chi connectivity index (χ1v) is 9.61. The van der Waals surface area contributed by atoms with Crippen LogP contribution >= 0.6 is 0 Å². The van der Waals surface area contributed by atoms with Gasteiger partial charge in [0.15, 0.2) is 0 Å². The van der Waals surface area contributed by atoms with Crippen LogP contribution in [0.1, 0.15) is 46.0 Å². The highest BCUT2D eigenvalue weighted by Crippen LogP contribution is 2.28. The van der Waals surface area contributed by atoms with Crippen molar-refractivity contribution in [3.05, 3.63) is 24.3 Å². The van der Waals surface area contributed by atoms with Gasteiger partial charge >= 0.3 is 0 Å². The number of aliphatic hydroxyl groups is 1. The second-order valence-electron chi connectivity index (χ2n) is 6.69. The Hall–Kier alpha value is -1.26. The molecule has 1 aliphatic heterocycles. The molecule has 1 aromatic rings. The molecule has 1 unspecified atom stereocenters. The molecule has 0 aliphatic carbocycles. The first-order chi connectivity index (χ1) is 11.7. The molecule has 0 spiro atoms. The van der Waals surface area contributed by atoms with Crippen LogP contribution in [0.25, 0.3) is 0 Å². The Morgan fingerprint density at radius 2 is 1.79 bits per heavy atom. The number of nitrogens with zero attached hydrogens (tertiary/aromatic N) is 2. The molecule has 0 amide bonds. The summed E-state index contributed by atoms with van der Waals surface area (Å²) >= 11 is 0. The summed E-state index contributed by atoms with van der Waals surface area (Å²) in [6, 6.07) is 8.29. The van der Waals surface area contributed by atoms with Gasteiger partial charge in [0, 0.05) is 32.7 Å². The van der Waals surface area contributed by atoms with Gasteiger partial charge in [0.1, 0.15) is 5.75 Å². The standard InChI is InChI=1S/C20H34N2O2/c1-3-5-6-7-10-18(23)17-21-13-15-22(16-14-21)19-11-8-9-12-20(19)24-4-2/h8-9,11-12,18,23H,3-7,10,13-17H2,1-2H3. The van der Waals surface area contributed by atoms with Crippen molar-refractivity contribution in [2.75, 3.05) is 44.2 Å². The summed E-state index contributed by atoms with van der Waals surface area (Å²) in [4.78, 5) is 4.79. The minimum Gasteiger partial charge on any atom is -0.492 e. The smallest absolute Gasteiger partial charge is 0.142 e. The number of anilines is 1. The topological polar surface area (TPSA) is 35.9 Å². The van der Waals surface area contributed by atoms with Crippen molar-refractivity contribution >= 4 is 5.69 Å². The Labute approximate surface area is 147 Å². The average molecular weight is 335 g/mol. The van der Waals surface area contributed by atoms with Crippen molar-refractivity contribution in [1.29, 1.82) is 0 Å². The van der Waals surface area contributed by atoms with Crippen molar-refractivity contribution in [2.45, 2.75) is 52.1 Å². The number of hydrogen-bond acceptors (Lipinski definition) is 4. The molecule has 0 saturated carbocycles. The van der Waals surface area contributed by atoms with E-state index in [0.717, 1.165) is 51.3 Å². The van der Waals surface area contributed by atoms with Crippen LogP contribution in [-0.2, 0) is 0 Å². The van der Waals surface area contributed by atoms with E-state index in [1.807, 2.05) is 19.1 Å². The fourth-order valence-electron chi connectivity index (χ4n) is 3.36. The number of aliphatic hydroxyl groups excluding tert-OH is 1. The van der Waals surface area contributed by atoms with Crippen molar-refractivity contribution in [3.63, 3.8) is 0 Å². The second kappa shape index (κ2) is 10.6. The predicted octanol–water partition coefficient (Wildman–Crippen LogP) is 3.54. The van der Waals surface area contributed by atoms with Gasteiger partial charge in [-0.2, -0.15) is 0 Å². The summed E-state index contributed by atoms with van der Waals surface area (Å²) in [6.45, 7) is 9.75. The SMILES string of the molecule is CCCCCCC(O)CN1CCN(c2ccccc2OCC)CC1. The third-order valence-corrected chi connectivity index (χ3v) is 4.74. The van der Waals surface area contributed by atoms with Crippen molar-refractivity contribution in [2.24, 2.45) is 0 Å². The van der Waals surface area contributed by atoms with E-state index in [9.17, 15) is 5.11 Å². The number of ether oxygens (including phenoxy) is 1. The average Bonchev–Trinajstić information content (AvgIpc) is 2.60. The molecule has 1 aliphatic rings. The quantitative estimate of drug-likeness (QED) is 0.664. The molecule has 0 radical (unpaired) electrons. The van der Waals surface area contributed by atoms with Gasteiger partial charge in [0.2, 0.25) is 0 Å².